The van der Waals surface area contributed by atoms with Crippen molar-refractivity contribution in [3.05, 3.63) is 71.3 Å². The summed E-state index contributed by atoms with van der Waals surface area (Å²) >= 11 is 0. The highest BCUT2D eigenvalue weighted by atomic mass is 35.5. The molecule has 1 aliphatic heterocycles. The Hall–Kier alpha value is -1.59. The molecule has 0 aromatic heterocycles. The van der Waals surface area contributed by atoms with E-state index in [1.807, 2.05) is 18.2 Å². The third kappa shape index (κ3) is 4.36. The summed E-state index contributed by atoms with van der Waals surface area (Å²) in [5.41, 5.74) is 3.31. The van der Waals surface area contributed by atoms with E-state index < -0.39 is 5.54 Å². The predicted octanol–water partition coefficient (Wildman–Crippen LogP) is 3.15. The Balaban J connectivity index is 0.00000140. The molecule has 2 N–H and O–H groups in total. The van der Waals surface area contributed by atoms with Crippen molar-refractivity contribution in [2.75, 3.05) is 26.2 Å². The summed E-state index contributed by atoms with van der Waals surface area (Å²) in [6, 6.07) is 18.7. The Kier molecular flexibility index (Phi) is 7.90. The van der Waals surface area contributed by atoms with Crippen LogP contribution in [0.1, 0.15) is 29.7 Å². The maximum absolute atomic E-state index is 13.5. The van der Waals surface area contributed by atoms with Gasteiger partial charge in [0.15, 0.2) is 0 Å². The third-order valence-electron chi connectivity index (χ3n) is 5.88. The number of carbonyl (C=O) groups is 1. The first-order valence-corrected chi connectivity index (χ1v) is 9.57. The number of hydrogen-bond acceptors (Lipinski definition) is 3. The summed E-state index contributed by atoms with van der Waals surface area (Å²) in [6.07, 6.45) is 1.60. The van der Waals surface area contributed by atoms with Crippen molar-refractivity contribution in [3.63, 3.8) is 0 Å². The average Bonchev–Trinajstić information content (AvgIpc) is 3.10. The number of halogens is 2. The van der Waals surface area contributed by atoms with Gasteiger partial charge in [-0.1, -0.05) is 54.6 Å². The highest BCUT2D eigenvalue weighted by Crippen LogP contribution is 2.35. The lowest BCUT2D eigenvalue weighted by Crippen LogP contribution is -2.64. The van der Waals surface area contributed by atoms with Crippen LogP contribution in [0.2, 0.25) is 0 Å². The summed E-state index contributed by atoms with van der Waals surface area (Å²) in [7, 11) is 0. The van der Waals surface area contributed by atoms with Gasteiger partial charge >= 0.3 is 0 Å². The van der Waals surface area contributed by atoms with E-state index >= 15 is 0 Å². The minimum Gasteiger partial charge on any atom is -0.348 e. The standard InChI is InChI=1S/C22H27N3O.2ClH/c1-17(18-7-3-2-4-8-18)24-21(26)22(25-13-11-23-12-14-25)15-19-9-5-6-10-20(19)16-22;;/h2-10,17,23H,11-16H2,1H3,(H,24,26);2*1H/t17-;;/m0../s1. The van der Waals surface area contributed by atoms with Gasteiger partial charge in [0, 0.05) is 39.0 Å². The zero-order valence-electron chi connectivity index (χ0n) is 16.2. The molecule has 4 rings (SSSR count). The predicted molar refractivity (Wildman–Crippen MR) is 119 cm³/mol. The molecular formula is C22H29Cl2N3O. The van der Waals surface area contributed by atoms with Crippen LogP contribution in [0.3, 0.4) is 0 Å². The van der Waals surface area contributed by atoms with Gasteiger partial charge in [-0.25, -0.2) is 0 Å². The van der Waals surface area contributed by atoms with Crippen LogP contribution in [0.15, 0.2) is 54.6 Å². The molecule has 4 nitrogen and oxygen atoms in total. The zero-order chi connectivity index (χ0) is 18.0. The highest BCUT2D eigenvalue weighted by molar-refractivity contribution is 5.88. The van der Waals surface area contributed by atoms with Crippen LogP contribution in [-0.4, -0.2) is 42.5 Å². The van der Waals surface area contributed by atoms with Crippen molar-refractivity contribution in [1.82, 2.24) is 15.5 Å². The molecule has 6 heteroatoms. The van der Waals surface area contributed by atoms with E-state index in [1.165, 1.54) is 11.1 Å². The maximum Gasteiger partial charge on any atom is 0.241 e. The number of hydrogen-bond donors (Lipinski definition) is 2. The topological polar surface area (TPSA) is 44.4 Å². The van der Waals surface area contributed by atoms with Gasteiger partial charge in [-0.15, -0.1) is 24.8 Å². The fourth-order valence-electron chi connectivity index (χ4n) is 4.37. The number of rotatable bonds is 4. The van der Waals surface area contributed by atoms with E-state index in [1.54, 1.807) is 0 Å². The van der Waals surface area contributed by atoms with Crippen molar-refractivity contribution in [3.8, 4) is 0 Å². The van der Waals surface area contributed by atoms with E-state index in [0.29, 0.717) is 0 Å². The highest BCUT2D eigenvalue weighted by Gasteiger charge is 2.48. The molecule has 1 fully saturated rings. The number of nitrogens with zero attached hydrogens (tertiary/aromatic N) is 1. The third-order valence-corrected chi connectivity index (χ3v) is 5.88. The van der Waals surface area contributed by atoms with Crippen LogP contribution in [0.25, 0.3) is 0 Å². The fourth-order valence-corrected chi connectivity index (χ4v) is 4.37. The van der Waals surface area contributed by atoms with Gasteiger partial charge in [0.1, 0.15) is 5.54 Å². The lowest BCUT2D eigenvalue weighted by molar-refractivity contribution is -0.134. The van der Waals surface area contributed by atoms with E-state index in [2.05, 4.69) is 58.9 Å². The SMILES string of the molecule is C[C@H](NC(=O)C1(N2CCNCC2)Cc2ccccc2C1)c1ccccc1.Cl.Cl. The minimum absolute atomic E-state index is 0. The van der Waals surface area contributed by atoms with Crippen molar-refractivity contribution in [2.24, 2.45) is 0 Å². The molecule has 1 heterocycles. The first-order valence-electron chi connectivity index (χ1n) is 9.57. The molecule has 2 aromatic carbocycles. The van der Waals surface area contributed by atoms with E-state index in [9.17, 15) is 4.79 Å². The first kappa shape index (κ1) is 22.7. The van der Waals surface area contributed by atoms with Gasteiger partial charge in [0.25, 0.3) is 0 Å². The molecule has 0 radical (unpaired) electrons. The number of benzene rings is 2. The summed E-state index contributed by atoms with van der Waals surface area (Å²) in [4.78, 5) is 15.9. The van der Waals surface area contributed by atoms with Crippen molar-refractivity contribution in [1.29, 1.82) is 0 Å². The molecule has 2 aromatic rings. The van der Waals surface area contributed by atoms with Crippen molar-refractivity contribution in [2.45, 2.75) is 31.3 Å². The van der Waals surface area contributed by atoms with E-state index in [-0.39, 0.29) is 36.8 Å². The van der Waals surface area contributed by atoms with Crippen LogP contribution >= 0.6 is 24.8 Å². The smallest absolute Gasteiger partial charge is 0.241 e. The van der Waals surface area contributed by atoms with Crippen LogP contribution in [0.4, 0.5) is 0 Å². The Morgan fingerprint density at radius 3 is 2.07 bits per heavy atom. The van der Waals surface area contributed by atoms with Crippen LogP contribution < -0.4 is 10.6 Å². The van der Waals surface area contributed by atoms with Crippen LogP contribution in [-0.2, 0) is 17.6 Å². The lowest BCUT2D eigenvalue weighted by Gasteiger charge is -2.42. The zero-order valence-corrected chi connectivity index (χ0v) is 17.8. The van der Waals surface area contributed by atoms with Gasteiger partial charge in [-0.3, -0.25) is 9.69 Å². The Morgan fingerprint density at radius 1 is 0.964 bits per heavy atom. The molecule has 0 bridgehead atoms. The number of amides is 1. The molecule has 0 unspecified atom stereocenters. The summed E-state index contributed by atoms with van der Waals surface area (Å²) < 4.78 is 0. The van der Waals surface area contributed by atoms with Crippen LogP contribution in [0.5, 0.6) is 0 Å². The minimum atomic E-state index is -0.463. The van der Waals surface area contributed by atoms with Crippen molar-refractivity contribution < 1.29 is 4.79 Å². The molecule has 1 amide bonds. The monoisotopic (exact) mass is 421 g/mol. The average molecular weight is 422 g/mol. The molecule has 1 atom stereocenters. The second-order valence-corrected chi connectivity index (χ2v) is 7.50. The number of fused-ring (bicyclic) bond motifs is 1. The number of carbonyl (C=O) groups excluding carboxylic acids is 1. The molecule has 0 spiro atoms. The van der Waals surface area contributed by atoms with E-state index in [0.717, 1.165) is 44.6 Å². The molecule has 0 saturated carbocycles. The molecule has 1 aliphatic carbocycles. The molecule has 1 saturated heterocycles. The largest absolute Gasteiger partial charge is 0.348 e. The van der Waals surface area contributed by atoms with Gasteiger partial charge in [0.2, 0.25) is 5.91 Å². The first-order chi connectivity index (χ1) is 12.7. The second-order valence-electron chi connectivity index (χ2n) is 7.50. The molecule has 2 aliphatic rings. The lowest BCUT2D eigenvalue weighted by atomic mass is 9.90. The van der Waals surface area contributed by atoms with Gasteiger partial charge in [-0.05, 0) is 23.6 Å². The normalized spacial score (nSPS) is 18.9. The summed E-state index contributed by atoms with van der Waals surface area (Å²) in [6.45, 7) is 5.79. The maximum atomic E-state index is 13.5. The van der Waals surface area contributed by atoms with Gasteiger partial charge in [0.05, 0.1) is 6.04 Å². The van der Waals surface area contributed by atoms with Crippen molar-refractivity contribution >= 4 is 30.7 Å². The Bertz CT molecular complexity index is 753. The van der Waals surface area contributed by atoms with Crippen LogP contribution in [0, 0.1) is 0 Å². The molecule has 28 heavy (non-hydrogen) atoms. The summed E-state index contributed by atoms with van der Waals surface area (Å²) in [5.74, 6) is 0.159. The Morgan fingerprint density at radius 2 is 1.50 bits per heavy atom. The summed E-state index contributed by atoms with van der Waals surface area (Å²) in [5, 5.41) is 6.72. The fraction of sp³-hybridized carbons (Fsp3) is 0.409. The van der Waals surface area contributed by atoms with Gasteiger partial charge in [-0.2, -0.15) is 0 Å². The molecule has 152 valence electrons. The Labute approximate surface area is 179 Å². The second kappa shape index (κ2) is 9.75. The van der Waals surface area contributed by atoms with Gasteiger partial charge < -0.3 is 10.6 Å². The molecular weight excluding hydrogens is 393 g/mol. The number of nitrogens with one attached hydrogen (secondary N) is 2. The number of piperazine rings is 1. The van der Waals surface area contributed by atoms with E-state index in [4.69, 9.17) is 0 Å². The quantitative estimate of drug-likeness (QED) is 0.796.